The van der Waals surface area contributed by atoms with E-state index in [1.54, 1.807) is 4.90 Å². The minimum Gasteiger partial charge on any atom is -0.444 e. The second-order valence-electron chi connectivity index (χ2n) is 7.56. The van der Waals surface area contributed by atoms with Crippen LogP contribution in [0.5, 0.6) is 0 Å². The maximum absolute atomic E-state index is 12.9. The maximum Gasteiger partial charge on any atom is 0.410 e. The molecule has 1 heterocycles. The highest BCUT2D eigenvalue weighted by atomic mass is 127. The van der Waals surface area contributed by atoms with Crippen LogP contribution in [0.3, 0.4) is 0 Å². The molecule has 1 aliphatic carbocycles. The molecule has 1 amide bonds. The Balaban J connectivity index is 1.70. The highest BCUT2D eigenvalue weighted by Gasteiger charge is 2.47. The molecule has 5 heteroatoms. The van der Waals surface area contributed by atoms with Crippen LogP contribution in [-0.2, 0) is 11.2 Å². The number of piperidine rings is 1. The van der Waals surface area contributed by atoms with Crippen LogP contribution < -0.4 is 0 Å². The van der Waals surface area contributed by atoms with E-state index in [0.29, 0.717) is 13.1 Å². The zero-order chi connectivity index (χ0) is 16.8. The molecule has 0 N–H and O–H groups in total. The van der Waals surface area contributed by atoms with E-state index in [9.17, 15) is 9.59 Å². The lowest BCUT2D eigenvalue weighted by molar-refractivity contribution is 0.0114. The summed E-state index contributed by atoms with van der Waals surface area (Å²) < 4.78 is 6.53. The zero-order valence-corrected chi connectivity index (χ0v) is 16.0. The van der Waals surface area contributed by atoms with E-state index in [-0.39, 0.29) is 17.3 Å². The van der Waals surface area contributed by atoms with Gasteiger partial charge in [-0.3, -0.25) is 4.79 Å². The molecule has 2 aliphatic rings. The highest BCUT2D eigenvalue weighted by molar-refractivity contribution is 14.1. The van der Waals surface area contributed by atoms with Crippen molar-refractivity contribution in [1.82, 2.24) is 4.90 Å². The van der Waals surface area contributed by atoms with Crippen LogP contribution in [0.15, 0.2) is 18.2 Å². The number of amides is 1. The molecule has 1 fully saturated rings. The predicted octanol–water partition coefficient (Wildman–Crippen LogP) is 4.05. The molecule has 0 atom stereocenters. The summed E-state index contributed by atoms with van der Waals surface area (Å²) in [6.07, 6.45) is 1.97. The summed E-state index contributed by atoms with van der Waals surface area (Å²) in [5.41, 5.74) is 1.23. The molecule has 0 radical (unpaired) electrons. The summed E-state index contributed by atoms with van der Waals surface area (Å²) in [5, 5.41) is 0. The minimum atomic E-state index is -0.484. The maximum atomic E-state index is 12.9. The van der Waals surface area contributed by atoms with Crippen molar-refractivity contribution in [3.8, 4) is 0 Å². The van der Waals surface area contributed by atoms with Gasteiger partial charge in [0.25, 0.3) is 0 Å². The number of ether oxygens (including phenoxy) is 1. The number of benzene rings is 1. The third kappa shape index (κ3) is 3.25. The monoisotopic (exact) mass is 427 g/mol. The number of Topliss-reactive ketones (excluding diaryl/α,β-unsaturated/α-hetero) is 1. The summed E-state index contributed by atoms with van der Waals surface area (Å²) in [5.74, 6) is 0.259. The molecule has 0 aromatic heterocycles. The van der Waals surface area contributed by atoms with Gasteiger partial charge in [0.05, 0.1) is 0 Å². The Hall–Kier alpha value is -1.11. The summed E-state index contributed by atoms with van der Waals surface area (Å²) >= 11 is 2.25. The third-order valence-electron chi connectivity index (χ3n) is 4.70. The Bertz CT molecular complexity index is 655. The number of halogens is 1. The van der Waals surface area contributed by atoms with Crippen molar-refractivity contribution in [3.05, 3.63) is 32.9 Å². The Labute approximate surface area is 150 Å². The van der Waals surface area contributed by atoms with Crippen LogP contribution in [0.4, 0.5) is 4.79 Å². The van der Waals surface area contributed by atoms with Crippen molar-refractivity contribution in [2.75, 3.05) is 13.1 Å². The quantitative estimate of drug-likeness (QED) is 0.587. The number of hydrogen-bond acceptors (Lipinski definition) is 3. The molecule has 0 unspecified atom stereocenters. The van der Waals surface area contributed by atoms with Crippen LogP contribution in [0.1, 0.15) is 49.5 Å². The SMILES string of the molecule is CC(C)(C)OC(=O)N1CCC2(CC1)Cc1ccc(I)cc1C2=O. The van der Waals surface area contributed by atoms with Crippen molar-refractivity contribution >= 4 is 34.5 Å². The summed E-state index contributed by atoms with van der Waals surface area (Å²) in [6.45, 7) is 6.79. The topological polar surface area (TPSA) is 46.6 Å². The Morgan fingerprint density at radius 1 is 1.26 bits per heavy atom. The molecule has 1 aliphatic heterocycles. The van der Waals surface area contributed by atoms with Gasteiger partial charge in [0.15, 0.2) is 5.78 Å². The first kappa shape index (κ1) is 16.7. The van der Waals surface area contributed by atoms with E-state index in [4.69, 9.17) is 4.74 Å². The van der Waals surface area contributed by atoms with Crippen LogP contribution in [0, 0.1) is 8.99 Å². The van der Waals surface area contributed by atoms with E-state index >= 15 is 0 Å². The average Bonchev–Trinajstić information content (AvgIpc) is 2.71. The van der Waals surface area contributed by atoms with Gasteiger partial charge in [-0.05, 0) is 80.3 Å². The Kier molecular flexibility index (Phi) is 4.19. The van der Waals surface area contributed by atoms with E-state index in [0.717, 1.165) is 34.0 Å². The molecule has 1 spiro atoms. The Morgan fingerprint density at radius 2 is 1.91 bits per heavy atom. The summed E-state index contributed by atoms with van der Waals surface area (Å²) in [6, 6.07) is 6.12. The van der Waals surface area contributed by atoms with Crippen LogP contribution >= 0.6 is 22.6 Å². The van der Waals surface area contributed by atoms with E-state index in [1.165, 1.54) is 0 Å². The van der Waals surface area contributed by atoms with Crippen molar-refractivity contribution in [3.63, 3.8) is 0 Å². The van der Waals surface area contributed by atoms with Gasteiger partial charge in [0, 0.05) is 27.6 Å². The van der Waals surface area contributed by atoms with Crippen molar-refractivity contribution in [2.45, 2.75) is 45.6 Å². The molecule has 0 saturated carbocycles. The van der Waals surface area contributed by atoms with Gasteiger partial charge < -0.3 is 9.64 Å². The van der Waals surface area contributed by atoms with Gasteiger partial charge >= 0.3 is 6.09 Å². The average molecular weight is 427 g/mol. The molecule has 124 valence electrons. The molecule has 1 aromatic carbocycles. The van der Waals surface area contributed by atoms with Crippen molar-refractivity contribution in [2.24, 2.45) is 5.41 Å². The fourth-order valence-electron chi connectivity index (χ4n) is 3.49. The largest absolute Gasteiger partial charge is 0.444 e. The number of carbonyl (C=O) groups excluding carboxylic acids is 2. The van der Waals surface area contributed by atoms with E-state index in [2.05, 4.69) is 34.7 Å². The number of carbonyl (C=O) groups is 2. The van der Waals surface area contributed by atoms with Gasteiger partial charge in [-0.1, -0.05) is 6.07 Å². The predicted molar refractivity (Wildman–Crippen MR) is 96.7 cm³/mol. The lowest BCUT2D eigenvalue weighted by atomic mass is 9.75. The molecule has 4 nitrogen and oxygen atoms in total. The van der Waals surface area contributed by atoms with Crippen molar-refractivity contribution < 1.29 is 14.3 Å². The summed E-state index contributed by atoms with van der Waals surface area (Å²) in [7, 11) is 0. The molecule has 3 rings (SSSR count). The van der Waals surface area contributed by atoms with E-state index in [1.807, 2.05) is 26.8 Å². The third-order valence-corrected chi connectivity index (χ3v) is 5.37. The number of likely N-dealkylation sites (tertiary alicyclic amines) is 1. The molecule has 23 heavy (non-hydrogen) atoms. The molecular weight excluding hydrogens is 405 g/mol. The lowest BCUT2D eigenvalue weighted by Gasteiger charge is -2.38. The second kappa shape index (κ2) is 5.76. The van der Waals surface area contributed by atoms with Gasteiger partial charge in [0.2, 0.25) is 0 Å². The van der Waals surface area contributed by atoms with Crippen LogP contribution in [0.25, 0.3) is 0 Å². The first-order valence-electron chi connectivity index (χ1n) is 8.01. The van der Waals surface area contributed by atoms with Gasteiger partial charge in [0.1, 0.15) is 5.60 Å². The highest BCUT2D eigenvalue weighted by Crippen LogP contribution is 2.45. The van der Waals surface area contributed by atoms with Crippen molar-refractivity contribution in [1.29, 1.82) is 0 Å². The van der Waals surface area contributed by atoms with E-state index < -0.39 is 5.60 Å². The van der Waals surface area contributed by atoms with Gasteiger partial charge in [-0.2, -0.15) is 0 Å². The number of ketones is 1. The lowest BCUT2D eigenvalue weighted by Crippen LogP contribution is -2.47. The number of nitrogens with zero attached hydrogens (tertiary/aromatic N) is 1. The fraction of sp³-hybridized carbons (Fsp3) is 0.556. The number of hydrogen-bond donors (Lipinski definition) is 0. The number of rotatable bonds is 0. The van der Waals surface area contributed by atoms with Gasteiger partial charge in [-0.25, -0.2) is 4.79 Å². The fourth-order valence-corrected chi connectivity index (χ4v) is 3.98. The molecule has 1 saturated heterocycles. The summed E-state index contributed by atoms with van der Waals surface area (Å²) in [4.78, 5) is 26.8. The Morgan fingerprint density at radius 3 is 2.52 bits per heavy atom. The zero-order valence-electron chi connectivity index (χ0n) is 13.8. The normalized spacial score (nSPS) is 19.8. The van der Waals surface area contributed by atoms with Gasteiger partial charge in [-0.15, -0.1) is 0 Å². The minimum absolute atomic E-state index is 0.259. The molecular formula is C18H22INO3. The molecule has 0 bridgehead atoms. The number of fused-ring (bicyclic) bond motifs is 1. The molecule has 1 aromatic rings. The first-order chi connectivity index (χ1) is 10.7. The smallest absolute Gasteiger partial charge is 0.410 e. The standard InChI is InChI=1S/C18H22INO3/c1-17(2,3)23-16(22)20-8-6-18(7-9-20)11-12-4-5-13(19)10-14(12)15(18)21/h4-5,10H,6-9,11H2,1-3H3. The van der Waals surface area contributed by atoms with Crippen LogP contribution in [0.2, 0.25) is 0 Å². The second-order valence-corrected chi connectivity index (χ2v) is 8.80. The van der Waals surface area contributed by atoms with Crippen LogP contribution in [-0.4, -0.2) is 35.5 Å². The first-order valence-corrected chi connectivity index (χ1v) is 9.09.